The quantitative estimate of drug-likeness (QED) is 0.476. The third-order valence-electron chi connectivity index (χ3n) is 2.21. The van der Waals surface area contributed by atoms with Crippen LogP contribution in [-0.2, 0) is 4.79 Å². The Balaban J connectivity index is 3.01. The molecule has 1 rings (SSSR count). The maximum atomic E-state index is 11.4. The monoisotopic (exact) mass is 262 g/mol. The van der Waals surface area contributed by atoms with Gasteiger partial charge >= 0.3 is 5.97 Å². The number of hydrogen-bond donors (Lipinski definition) is 2. The van der Waals surface area contributed by atoms with Crippen LogP contribution in [0.4, 0.5) is 11.4 Å². The van der Waals surface area contributed by atoms with Crippen molar-refractivity contribution in [3.8, 4) is 12.3 Å². The standard InChI is InChI=1S/C12H10N2O5/c1-2-3-4-11(15)13-9-6-5-8(12(16)17)7-10(9)14(18)19/h1,5-7H,3-4H2,(H,13,15)(H,16,17). The number of anilines is 1. The molecule has 0 aromatic heterocycles. The van der Waals surface area contributed by atoms with Gasteiger partial charge in [0.25, 0.3) is 5.69 Å². The Hall–Kier alpha value is -2.88. The van der Waals surface area contributed by atoms with E-state index in [2.05, 4.69) is 11.2 Å². The average molecular weight is 262 g/mol. The highest BCUT2D eigenvalue weighted by molar-refractivity contribution is 5.95. The minimum absolute atomic E-state index is 0.0360. The Labute approximate surface area is 108 Å². The lowest BCUT2D eigenvalue weighted by atomic mass is 10.1. The van der Waals surface area contributed by atoms with Crippen molar-refractivity contribution in [3.05, 3.63) is 33.9 Å². The van der Waals surface area contributed by atoms with Crippen LogP contribution in [-0.4, -0.2) is 21.9 Å². The van der Waals surface area contributed by atoms with Gasteiger partial charge in [0.15, 0.2) is 0 Å². The second kappa shape index (κ2) is 6.16. The number of benzene rings is 1. The summed E-state index contributed by atoms with van der Waals surface area (Å²) in [7, 11) is 0. The largest absolute Gasteiger partial charge is 0.478 e. The SMILES string of the molecule is C#CCCC(=O)Nc1ccc(C(=O)O)cc1[N+](=O)[O-]. The molecule has 0 aliphatic carbocycles. The van der Waals surface area contributed by atoms with E-state index in [0.717, 1.165) is 6.07 Å². The molecule has 7 heteroatoms. The summed E-state index contributed by atoms with van der Waals surface area (Å²) in [5.74, 6) is 0.521. The van der Waals surface area contributed by atoms with E-state index in [-0.39, 0.29) is 24.1 Å². The van der Waals surface area contributed by atoms with Crippen LogP contribution in [0.5, 0.6) is 0 Å². The van der Waals surface area contributed by atoms with Gasteiger partial charge in [-0.2, -0.15) is 0 Å². The van der Waals surface area contributed by atoms with Gasteiger partial charge in [-0.15, -0.1) is 12.3 Å². The highest BCUT2D eigenvalue weighted by Gasteiger charge is 2.18. The number of amides is 1. The zero-order valence-corrected chi connectivity index (χ0v) is 9.75. The molecule has 1 amide bonds. The topological polar surface area (TPSA) is 110 Å². The zero-order chi connectivity index (χ0) is 14.4. The molecule has 0 atom stereocenters. The number of terminal acetylenes is 1. The van der Waals surface area contributed by atoms with Gasteiger partial charge in [0.05, 0.1) is 10.5 Å². The molecule has 0 fully saturated rings. The summed E-state index contributed by atoms with van der Waals surface area (Å²) >= 11 is 0. The number of nitro benzene ring substituents is 1. The highest BCUT2D eigenvalue weighted by Crippen LogP contribution is 2.25. The van der Waals surface area contributed by atoms with Crippen molar-refractivity contribution in [3.63, 3.8) is 0 Å². The molecule has 0 saturated heterocycles. The number of carbonyl (C=O) groups is 2. The molecule has 0 aliphatic rings. The highest BCUT2D eigenvalue weighted by atomic mass is 16.6. The minimum atomic E-state index is -1.28. The van der Waals surface area contributed by atoms with Crippen molar-refractivity contribution in [2.75, 3.05) is 5.32 Å². The number of nitro groups is 1. The first-order chi connectivity index (χ1) is 8.95. The van der Waals surface area contributed by atoms with Crippen LogP contribution >= 0.6 is 0 Å². The first-order valence-corrected chi connectivity index (χ1v) is 5.20. The fourth-order valence-electron chi connectivity index (χ4n) is 1.32. The molecule has 1 aromatic carbocycles. The van der Waals surface area contributed by atoms with Crippen LogP contribution < -0.4 is 5.32 Å². The van der Waals surface area contributed by atoms with Gasteiger partial charge in [-0.05, 0) is 12.1 Å². The van der Waals surface area contributed by atoms with Gasteiger partial charge in [-0.3, -0.25) is 14.9 Å². The summed E-state index contributed by atoms with van der Waals surface area (Å²) in [6.07, 6.45) is 5.25. The first-order valence-electron chi connectivity index (χ1n) is 5.20. The summed E-state index contributed by atoms with van der Waals surface area (Å²) < 4.78 is 0. The van der Waals surface area contributed by atoms with E-state index in [0.29, 0.717) is 0 Å². The van der Waals surface area contributed by atoms with E-state index in [9.17, 15) is 19.7 Å². The molecule has 7 nitrogen and oxygen atoms in total. The maximum absolute atomic E-state index is 11.4. The Morgan fingerprint density at radius 2 is 2.16 bits per heavy atom. The molecule has 98 valence electrons. The predicted octanol–water partition coefficient (Wildman–Crippen LogP) is 1.64. The van der Waals surface area contributed by atoms with Crippen molar-refractivity contribution in [1.82, 2.24) is 0 Å². The van der Waals surface area contributed by atoms with Gasteiger partial charge in [0.1, 0.15) is 5.69 Å². The van der Waals surface area contributed by atoms with Crippen molar-refractivity contribution >= 4 is 23.3 Å². The van der Waals surface area contributed by atoms with Gasteiger partial charge in [0.2, 0.25) is 5.91 Å². The number of carbonyl (C=O) groups excluding carboxylic acids is 1. The summed E-state index contributed by atoms with van der Waals surface area (Å²) in [6.45, 7) is 0. The Morgan fingerprint density at radius 1 is 1.47 bits per heavy atom. The summed E-state index contributed by atoms with van der Waals surface area (Å²) in [6, 6.07) is 3.24. The molecule has 0 unspecified atom stereocenters. The lowest BCUT2D eigenvalue weighted by molar-refractivity contribution is -0.384. The molecule has 0 spiro atoms. The summed E-state index contributed by atoms with van der Waals surface area (Å²) in [4.78, 5) is 32.2. The number of aromatic carboxylic acids is 1. The van der Waals surface area contributed by atoms with Crippen LogP contribution in [0, 0.1) is 22.5 Å². The summed E-state index contributed by atoms with van der Waals surface area (Å²) in [5.41, 5.74) is -0.765. The van der Waals surface area contributed by atoms with Crippen LogP contribution in [0.2, 0.25) is 0 Å². The van der Waals surface area contributed by atoms with Crippen molar-refractivity contribution in [1.29, 1.82) is 0 Å². The fourth-order valence-corrected chi connectivity index (χ4v) is 1.32. The van der Waals surface area contributed by atoms with E-state index in [1.165, 1.54) is 12.1 Å². The van der Waals surface area contributed by atoms with Crippen molar-refractivity contribution < 1.29 is 19.6 Å². The molecule has 0 bridgehead atoms. The van der Waals surface area contributed by atoms with Gasteiger partial charge < -0.3 is 10.4 Å². The van der Waals surface area contributed by atoms with E-state index < -0.39 is 22.5 Å². The minimum Gasteiger partial charge on any atom is -0.478 e. The van der Waals surface area contributed by atoms with Crippen LogP contribution in [0.1, 0.15) is 23.2 Å². The Morgan fingerprint density at radius 3 is 2.68 bits per heavy atom. The number of hydrogen-bond acceptors (Lipinski definition) is 4. The molecule has 0 saturated carbocycles. The van der Waals surface area contributed by atoms with E-state index in [4.69, 9.17) is 11.5 Å². The van der Waals surface area contributed by atoms with Crippen molar-refractivity contribution in [2.45, 2.75) is 12.8 Å². The van der Waals surface area contributed by atoms with E-state index in [1.54, 1.807) is 0 Å². The zero-order valence-electron chi connectivity index (χ0n) is 9.75. The second-order valence-corrected chi connectivity index (χ2v) is 3.55. The Bertz CT molecular complexity index is 574. The molecule has 2 N–H and O–H groups in total. The summed E-state index contributed by atoms with van der Waals surface area (Å²) in [5, 5.41) is 21.9. The normalized spacial score (nSPS) is 9.42. The molecular weight excluding hydrogens is 252 g/mol. The predicted molar refractivity (Wildman–Crippen MR) is 66.8 cm³/mol. The van der Waals surface area contributed by atoms with Crippen molar-refractivity contribution in [2.24, 2.45) is 0 Å². The molecular formula is C12H10N2O5. The van der Waals surface area contributed by atoms with Crippen LogP contribution in [0.15, 0.2) is 18.2 Å². The lowest BCUT2D eigenvalue weighted by Crippen LogP contribution is -2.12. The molecule has 19 heavy (non-hydrogen) atoms. The molecule has 0 heterocycles. The van der Waals surface area contributed by atoms with Crippen LogP contribution in [0.25, 0.3) is 0 Å². The fraction of sp³-hybridized carbons (Fsp3) is 0.167. The third kappa shape index (κ3) is 3.81. The number of nitrogens with one attached hydrogen (secondary N) is 1. The Kier molecular flexibility index (Phi) is 4.60. The number of rotatable bonds is 5. The van der Waals surface area contributed by atoms with E-state index >= 15 is 0 Å². The van der Waals surface area contributed by atoms with Gasteiger partial charge in [0, 0.05) is 18.9 Å². The second-order valence-electron chi connectivity index (χ2n) is 3.55. The lowest BCUT2D eigenvalue weighted by Gasteiger charge is -2.05. The maximum Gasteiger partial charge on any atom is 0.335 e. The number of carboxylic acids is 1. The number of nitrogens with zero attached hydrogens (tertiary/aromatic N) is 1. The first kappa shape index (κ1) is 14.2. The third-order valence-corrected chi connectivity index (χ3v) is 2.21. The van der Waals surface area contributed by atoms with Gasteiger partial charge in [-0.25, -0.2) is 4.79 Å². The smallest absolute Gasteiger partial charge is 0.335 e. The molecule has 0 aliphatic heterocycles. The average Bonchev–Trinajstić information content (AvgIpc) is 2.36. The molecule has 1 aromatic rings. The van der Waals surface area contributed by atoms with Crippen LogP contribution in [0.3, 0.4) is 0 Å². The van der Waals surface area contributed by atoms with Gasteiger partial charge in [-0.1, -0.05) is 0 Å². The number of carboxylic acid groups (broad SMARTS) is 1. The molecule has 0 radical (unpaired) electrons. The van der Waals surface area contributed by atoms with E-state index in [1.807, 2.05) is 0 Å².